The molecule has 0 atom stereocenters. The van der Waals surface area contributed by atoms with E-state index in [1.54, 1.807) is 0 Å². The van der Waals surface area contributed by atoms with Gasteiger partial charge in [0.2, 0.25) is 0 Å². The van der Waals surface area contributed by atoms with Crippen LogP contribution in [-0.4, -0.2) is 18.2 Å². The van der Waals surface area contributed by atoms with Gasteiger partial charge in [-0.05, 0) is 6.92 Å². The van der Waals surface area contributed by atoms with Crippen LogP contribution in [0.4, 0.5) is 4.79 Å². The summed E-state index contributed by atoms with van der Waals surface area (Å²) in [6.07, 6.45) is 6.33. The molecule has 60 valence electrons. The Morgan fingerprint density at radius 3 is 2.82 bits per heavy atom. The Morgan fingerprint density at radius 2 is 2.45 bits per heavy atom. The van der Waals surface area contributed by atoms with Crippen molar-refractivity contribution in [2.45, 2.75) is 25.4 Å². The molecule has 1 aliphatic rings. The molecule has 1 fully saturated rings. The summed E-state index contributed by atoms with van der Waals surface area (Å²) < 4.78 is 4.95. The van der Waals surface area contributed by atoms with Gasteiger partial charge >= 0.3 is 6.09 Å². The lowest BCUT2D eigenvalue weighted by atomic mass is 10.4. The molecule has 3 heteroatoms. The largest absolute Gasteiger partial charge is 0.430 e. The highest BCUT2D eigenvalue weighted by Crippen LogP contribution is 2.38. The van der Waals surface area contributed by atoms with Crippen molar-refractivity contribution in [1.29, 1.82) is 0 Å². The zero-order valence-electron chi connectivity index (χ0n) is 6.52. The van der Waals surface area contributed by atoms with Gasteiger partial charge in [0.05, 0.1) is 0 Å². The Hall–Kier alpha value is -1.17. The van der Waals surface area contributed by atoms with Gasteiger partial charge in [0, 0.05) is 19.4 Å². The molecular formula is C8H11NO2. The van der Waals surface area contributed by atoms with Gasteiger partial charge in [0.1, 0.15) is 0 Å². The highest BCUT2D eigenvalue weighted by atomic mass is 16.6. The molecular weight excluding hydrogens is 142 g/mol. The average Bonchev–Trinajstić information content (AvgIpc) is 2.70. The minimum atomic E-state index is -0.570. The van der Waals surface area contributed by atoms with Gasteiger partial charge in [-0.2, -0.15) is 0 Å². The van der Waals surface area contributed by atoms with Gasteiger partial charge in [-0.1, -0.05) is 5.92 Å². The highest BCUT2D eigenvalue weighted by molar-refractivity contribution is 5.68. The van der Waals surface area contributed by atoms with E-state index < -0.39 is 11.7 Å². The van der Waals surface area contributed by atoms with E-state index in [4.69, 9.17) is 11.2 Å². The quantitative estimate of drug-likeness (QED) is 0.598. The molecule has 0 heterocycles. The molecule has 1 rings (SSSR count). The molecule has 0 saturated heterocycles. The van der Waals surface area contributed by atoms with E-state index in [0.29, 0.717) is 6.54 Å². The maximum absolute atomic E-state index is 10.8. The topological polar surface area (TPSA) is 38.3 Å². The molecule has 0 bridgehead atoms. The number of amides is 1. The first kappa shape index (κ1) is 7.93. The smallest absolute Gasteiger partial charge is 0.408 e. The Balaban J connectivity index is 2.32. The first-order valence-corrected chi connectivity index (χ1v) is 3.67. The number of carbonyl (C=O) groups excluding carboxylic acids is 1. The van der Waals surface area contributed by atoms with Crippen LogP contribution in [-0.2, 0) is 4.74 Å². The Kier molecular flexibility index (Phi) is 2.04. The van der Waals surface area contributed by atoms with E-state index in [1.807, 2.05) is 6.92 Å². The summed E-state index contributed by atoms with van der Waals surface area (Å²) in [7, 11) is 0. The molecule has 0 aromatic rings. The molecule has 11 heavy (non-hydrogen) atoms. The van der Waals surface area contributed by atoms with Crippen molar-refractivity contribution >= 4 is 6.09 Å². The molecule has 0 aromatic heterocycles. The van der Waals surface area contributed by atoms with E-state index in [0.717, 1.165) is 12.8 Å². The second kappa shape index (κ2) is 2.83. The predicted molar refractivity (Wildman–Crippen MR) is 41.0 cm³/mol. The molecule has 0 radical (unpaired) electrons. The van der Waals surface area contributed by atoms with Crippen LogP contribution in [0.2, 0.25) is 0 Å². The summed E-state index contributed by atoms with van der Waals surface area (Å²) in [4.78, 5) is 10.8. The summed E-state index contributed by atoms with van der Waals surface area (Å²) in [5, 5.41) is 2.52. The van der Waals surface area contributed by atoms with Crippen LogP contribution in [0.5, 0.6) is 0 Å². The lowest BCUT2D eigenvalue weighted by Gasteiger charge is -2.09. The fourth-order valence-electron chi connectivity index (χ4n) is 0.747. The van der Waals surface area contributed by atoms with Crippen LogP contribution in [0, 0.1) is 12.3 Å². The number of nitrogens with one attached hydrogen (secondary N) is 1. The monoisotopic (exact) mass is 153 g/mol. The molecule has 0 spiro atoms. The third-order valence-corrected chi connectivity index (χ3v) is 1.58. The zero-order valence-corrected chi connectivity index (χ0v) is 6.52. The van der Waals surface area contributed by atoms with Crippen molar-refractivity contribution in [3.05, 3.63) is 0 Å². The van der Waals surface area contributed by atoms with Gasteiger partial charge in [0.15, 0.2) is 5.60 Å². The first-order valence-electron chi connectivity index (χ1n) is 3.67. The third-order valence-electron chi connectivity index (χ3n) is 1.58. The van der Waals surface area contributed by atoms with Crippen LogP contribution >= 0.6 is 0 Å². The summed E-state index contributed by atoms with van der Waals surface area (Å²) in [5.41, 5.74) is -0.570. The van der Waals surface area contributed by atoms with E-state index in [9.17, 15) is 4.79 Å². The van der Waals surface area contributed by atoms with Gasteiger partial charge in [-0.3, -0.25) is 0 Å². The van der Waals surface area contributed by atoms with E-state index in [2.05, 4.69) is 11.2 Å². The molecule has 1 aliphatic carbocycles. The van der Waals surface area contributed by atoms with Crippen molar-refractivity contribution in [2.24, 2.45) is 0 Å². The van der Waals surface area contributed by atoms with Crippen LogP contribution < -0.4 is 5.32 Å². The lowest BCUT2D eigenvalue weighted by molar-refractivity contribution is 0.113. The van der Waals surface area contributed by atoms with E-state index in [-0.39, 0.29) is 0 Å². The van der Waals surface area contributed by atoms with Gasteiger partial charge < -0.3 is 10.1 Å². The maximum atomic E-state index is 10.8. The molecule has 0 unspecified atom stereocenters. The number of hydrogen-bond acceptors (Lipinski definition) is 2. The summed E-state index contributed by atoms with van der Waals surface area (Å²) >= 11 is 0. The fourth-order valence-corrected chi connectivity index (χ4v) is 0.747. The van der Waals surface area contributed by atoms with E-state index >= 15 is 0 Å². The summed E-state index contributed by atoms with van der Waals surface area (Å²) in [5.74, 6) is 2.46. The SMILES string of the molecule is C#CC1(OC(=O)NCC)CC1. The molecule has 0 aromatic carbocycles. The van der Waals surface area contributed by atoms with Crippen molar-refractivity contribution < 1.29 is 9.53 Å². The predicted octanol–water partition coefficient (Wildman–Crippen LogP) is 0.898. The standard InChI is InChI=1S/C8H11NO2/c1-3-8(5-6-8)11-7(10)9-4-2/h1H,4-6H2,2H3,(H,9,10). The number of rotatable bonds is 2. The normalized spacial score (nSPS) is 18.2. The zero-order chi connectivity index (χ0) is 8.32. The van der Waals surface area contributed by atoms with Crippen LogP contribution in [0.25, 0.3) is 0 Å². The first-order chi connectivity index (χ1) is 5.22. The van der Waals surface area contributed by atoms with Gasteiger partial charge in [0.25, 0.3) is 0 Å². The van der Waals surface area contributed by atoms with Crippen LogP contribution in [0.15, 0.2) is 0 Å². The maximum Gasteiger partial charge on any atom is 0.408 e. The van der Waals surface area contributed by atoms with Crippen molar-refractivity contribution in [2.75, 3.05) is 6.54 Å². The highest BCUT2D eigenvalue weighted by Gasteiger charge is 2.45. The minimum Gasteiger partial charge on any atom is -0.430 e. The summed E-state index contributed by atoms with van der Waals surface area (Å²) in [6.45, 7) is 2.40. The summed E-state index contributed by atoms with van der Waals surface area (Å²) in [6, 6.07) is 0. The fraction of sp³-hybridized carbons (Fsp3) is 0.625. The molecule has 1 saturated carbocycles. The minimum absolute atomic E-state index is 0.414. The number of terminal acetylenes is 1. The Labute approximate surface area is 66.1 Å². The number of ether oxygens (including phenoxy) is 1. The van der Waals surface area contributed by atoms with Crippen molar-refractivity contribution in [3.63, 3.8) is 0 Å². The second-order valence-electron chi connectivity index (χ2n) is 2.56. The molecule has 1 N–H and O–H groups in total. The Morgan fingerprint density at radius 1 is 1.82 bits per heavy atom. The van der Waals surface area contributed by atoms with Crippen LogP contribution in [0.1, 0.15) is 19.8 Å². The number of carbonyl (C=O) groups is 1. The van der Waals surface area contributed by atoms with E-state index in [1.165, 1.54) is 0 Å². The third kappa shape index (κ3) is 1.87. The average molecular weight is 153 g/mol. The number of alkyl carbamates (subject to hydrolysis) is 1. The van der Waals surface area contributed by atoms with Crippen molar-refractivity contribution in [3.8, 4) is 12.3 Å². The van der Waals surface area contributed by atoms with Crippen molar-refractivity contribution in [1.82, 2.24) is 5.32 Å². The Bertz CT molecular complexity index is 201. The van der Waals surface area contributed by atoms with Crippen LogP contribution in [0.3, 0.4) is 0 Å². The lowest BCUT2D eigenvalue weighted by Crippen LogP contribution is -2.28. The number of hydrogen-bond donors (Lipinski definition) is 1. The second-order valence-corrected chi connectivity index (χ2v) is 2.56. The molecule has 0 aliphatic heterocycles. The molecule has 1 amide bonds. The molecule has 3 nitrogen and oxygen atoms in total. The van der Waals surface area contributed by atoms with Gasteiger partial charge in [-0.25, -0.2) is 4.79 Å². The van der Waals surface area contributed by atoms with Gasteiger partial charge in [-0.15, -0.1) is 6.42 Å².